The van der Waals surface area contributed by atoms with Crippen molar-refractivity contribution < 1.29 is 9.15 Å². The molecule has 2 heterocycles. The van der Waals surface area contributed by atoms with E-state index in [0.29, 0.717) is 5.89 Å². The maximum atomic E-state index is 6.51. The molecule has 4 nitrogen and oxygen atoms in total. The van der Waals surface area contributed by atoms with E-state index in [0.717, 1.165) is 66.7 Å². The van der Waals surface area contributed by atoms with Crippen LogP contribution in [0.3, 0.4) is 0 Å². The van der Waals surface area contributed by atoms with Gasteiger partial charge in [0.2, 0.25) is 5.89 Å². The summed E-state index contributed by atoms with van der Waals surface area (Å²) in [7, 11) is 0. The Labute approximate surface area is 342 Å². The van der Waals surface area contributed by atoms with Crippen LogP contribution in [0.2, 0.25) is 0 Å². The minimum Gasteiger partial charge on any atom is -0.464 e. The van der Waals surface area contributed by atoms with E-state index in [1.165, 1.54) is 33.4 Å². The number of fused-ring (bicyclic) bond motifs is 6. The summed E-state index contributed by atoms with van der Waals surface area (Å²) in [6.07, 6.45) is -0.382. The molecule has 1 atom stereocenters. The van der Waals surface area contributed by atoms with Crippen LogP contribution in [0.5, 0.6) is 5.75 Å². The number of anilines is 1. The molecule has 59 heavy (non-hydrogen) atoms. The fourth-order valence-corrected chi connectivity index (χ4v) is 9.56. The molecule has 2 aliphatic rings. The van der Waals surface area contributed by atoms with Crippen LogP contribution in [0.1, 0.15) is 34.0 Å². The summed E-state index contributed by atoms with van der Waals surface area (Å²) in [5.41, 5.74) is 16.0. The standard InChI is InChI=1S/C55H36N2O2/c1-3-16-41(17-4-1)55(42-18-5-2-6-19-42)47-22-10-9-21-44(47)45-28-27-35(34-48(45)55)37-29-36-15-7-8-20-43(36)46(33-37)38-30-39(53-56-49-23-11-13-25-51(49)58-53)32-40(31-38)54-57-50-24-12-14-26-52(50)59-54/h1-34,53,56H. The van der Waals surface area contributed by atoms with Crippen molar-refractivity contribution in [1.82, 2.24) is 4.98 Å². The second-order valence-corrected chi connectivity index (χ2v) is 15.5. The lowest BCUT2D eigenvalue weighted by molar-refractivity contribution is 0.260. The van der Waals surface area contributed by atoms with Gasteiger partial charge < -0.3 is 14.5 Å². The van der Waals surface area contributed by atoms with Crippen molar-refractivity contribution in [3.8, 4) is 50.6 Å². The van der Waals surface area contributed by atoms with Gasteiger partial charge in [0.15, 0.2) is 11.8 Å². The molecule has 0 bridgehead atoms. The van der Waals surface area contributed by atoms with Gasteiger partial charge in [-0.1, -0.05) is 146 Å². The molecule has 1 aliphatic carbocycles. The van der Waals surface area contributed by atoms with Gasteiger partial charge in [0.25, 0.3) is 0 Å². The highest BCUT2D eigenvalue weighted by Gasteiger charge is 2.46. The first-order valence-corrected chi connectivity index (χ1v) is 20.1. The number of benzene rings is 9. The lowest BCUT2D eigenvalue weighted by atomic mass is 9.67. The highest BCUT2D eigenvalue weighted by Crippen LogP contribution is 2.57. The van der Waals surface area contributed by atoms with Crippen LogP contribution in [0.25, 0.3) is 66.7 Å². The number of nitrogens with one attached hydrogen (secondary N) is 1. The fraction of sp³-hybridized carbons (Fsp3) is 0.0364. The van der Waals surface area contributed by atoms with Crippen molar-refractivity contribution in [2.45, 2.75) is 11.6 Å². The summed E-state index contributed by atoms with van der Waals surface area (Å²) in [5, 5.41) is 5.93. The Bertz CT molecular complexity index is 3140. The average Bonchev–Trinajstić information content (AvgIpc) is 4.02. The van der Waals surface area contributed by atoms with Crippen LogP contribution in [0, 0.1) is 0 Å². The molecular formula is C55H36N2O2. The highest BCUT2D eigenvalue weighted by molar-refractivity contribution is 6.01. The first-order chi connectivity index (χ1) is 29.2. The molecule has 0 amide bonds. The second kappa shape index (κ2) is 13.2. The van der Waals surface area contributed by atoms with E-state index in [1.54, 1.807) is 0 Å². The van der Waals surface area contributed by atoms with Crippen molar-refractivity contribution in [2.24, 2.45) is 0 Å². The van der Waals surface area contributed by atoms with Crippen LogP contribution in [-0.4, -0.2) is 4.98 Å². The summed E-state index contributed by atoms with van der Waals surface area (Å²) in [6.45, 7) is 0. The van der Waals surface area contributed by atoms with Crippen molar-refractivity contribution in [3.63, 3.8) is 0 Å². The third-order valence-corrected chi connectivity index (χ3v) is 12.2. The Morgan fingerprint density at radius 2 is 1.17 bits per heavy atom. The number of ether oxygens (including phenoxy) is 1. The highest BCUT2D eigenvalue weighted by atomic mass is 16.5. The Balaban J connectivity index is 1.07. The third-order valence-electron chi connectivity index (χ3n) is 12.2. The summed E-state index contributed by atoms with van der Waals surface area (Å²) < 4.78 is 12.9. The van der Waals surface area contributed by atoms with Gasteiger partial charge in [-0.05, 0) is 127 Å². The van der Waals surface area contributed by atoms with Gasteiger partial charge in [-0.2, -0.15) is 0 Å². The molecule has 0 saturated heterocycles. The predicted molar refractivity (Wildman–Crippen MR) is 239 cm³/mol. The maximum Gasteiger partial charge on any atom is 0.227 e. The normalized spacial score (nSPS) is 14.7. The fourth-order valence-electron chi connectivity index (χ4n) is 9.56. The van der Waals surface area contributed by atoms with Crippen LogP contribution >= 0.6 is 0 Å². The number of oxazole rings is 1. The number of aromatic nitrogens is 1. The molecule has 4 heteroatoms. The van der Waals surface area contributed by atoms with E-state index in [-0.39, 0.29) is 6.23 Å². The molecule has 0 radical (unpaired) electrons. The first-order valence-electron chi connectivity index (χ1n) is 20.1. The van der Waals surface area contributed by atoms with Gasteiger partial charge in [-0.15, -0.1) is 0 Å². The number of hydrogen-bond donors (Lipinski definition) is 1. The van der Waals surface area contributed by atoms with Crippen molar-refractivity contribution in [3.05, 3.63) is 234 Å². The third kappa shape index (κ3) is 5.27. The van der Waals surface area contributed by atoms with Crippen molar-refractivity contribution >= 4 is 27.6 Å². The molecule has 12 rings (SSSR count). The van der Waals surface area contributed by atoms with E-state index in [2.05, 4.69) is 169 Å². The monoisotopic (exact) mass is 756 g/mol. The topological polar surface area (TPSA) is 47.3 Å². The van der Waals surface area contributed by atoms with Gasteiger partial charge in [-0.25, -0.2) is 4.98 Å². The van der Waals surface area contributed by atoms with Gasteiger partial charge in [0.05, 0.1) is 11.1 Å². The Hall–Kier alpha value is -7.69. The number of rotatable bonds is 6. The molecule has 1 unspecified atom stereocenters. The minimum absolute atomic E-state index is 0.382. The van der Waals surface area contributed by atoms with E-state index in [4.69, 9.17) is 14.1 Å². The molecule has 278 valence electrons. The lowest BCUT2D eigenvalue weighted by Crippen LogP contribution is -2.28. The van der Waals surface area contributed by atoms with E-state index in [1.807, 2.05) is 42.5 Å². The van der Waals surface area contributed by atoms with Crippen LogP contribution in [0.15, 0.2) is 211 Å². The maximum absolute atomic E-state index is 6.51. The Kier molecular flexibility index (Phi) is 7.48. The first kappa shape index (κ1) is 33.4. The number of hydrogen-bond acceptors (Lipinski definition) is 4. The molecule has 0 fully saturated rings. The van der Waals surface area contributed by atoms with Crippen molar-refractivity contribution in [1.29, 1.82) is 0 Å². The van der Waals surface area contributed by atoms with Crippen molar-refractivity contribution in [2.75, 3.05) is 5.32 Å². The Morgan fingerprint density at radius 3 is 2.00 bits per heavy atom. The van der Waals surface area contributed by atoms with E-state index >= 15 is 0 Å². The van der Waals surface area contributed by atoms with E-state index < -0.39 is 5.41 Å². The van der Waals surface area contributed by atoms with Gasteiger partial charge in [0.1, 0.15) is 11.3 Å². The molecular weight excluding hydrogens is 721 g/mol. The van der Waals surface area contributed by atoms with Gasteiger partial charge in [0, 0.05) is 11.1 Å². The van der Waals surface area contributed by atoms with Crippen LogP contribution < -0.4 is 10.1 Å². The molecule has 1 aromatic heterocycles. The SMILES string of the molecule is c1ccc(C2(c3ccccc3)c3ccccc3-c3ccc(-c4cc(-c5cc(-c6nc7ccccc7o6)cc(C6Nc7ccccc7O6)c5)c5ccccc5c4)cc32)cc1. The predicted octanol–water partition coefficient (Wildman–Crippen LogP) is 13.8. The molecule has 1 N–H and O–H groups in total. The number of para-hydroxylation sites is 4. The number of nitrogens with zero attached hydrogens (tertiary/aromatic N) is 1. The van der Waals surface area contributed by atoms with Crippen LogP contribution in [-0.2, 0) is 5.41 Å². The van der Waals surface area contributed by atoms with Crippen LogP contribution in [0.4, 0.5) is 5.69 Å². The molecule has 10 aromatic rings. The summed E-state index contributed by atoms with van der Waals surface area (Å²) in [6, 6.07) is 73.9. The zero-order valence-corrected chi connectivity index (χ0v) is 32.0. The van der Waals surface area contributed by atoms with Gasteiger partial charge in [-0.3, -0.25) is 0 Å². The average molecular weight is 757 g/mol. The smallest absolute Gasteiger partial charge is 0.227 e. The quantitative estimate of drug-likeness (QED) is 0.184. The summed E-state index contributed by atoms with van der Waals surface area (Å²) in [5.74, 6) is 1.40. The lowest BCUT2D eigenvalue weighted by Gasteiger charge is -2.34. The summed E-state index contributed by atoms with van der Waals surface area (Å²) in [4.78, 5) is 4.94. The summed E-state index contributed by atoms with van der Waals surface area (Å²) >= 11 is 0. The minimum atomic E-state index is -0.487. The van der Waals surface area contributed by atoms with E-state index in [9.17, 15) is 0 Å². The molecule has 0 saturated carbocycles. The van der Waals surface area contributed by atoms with Gasteiger partial charge >= 0.3 is 0 Å². The zero-order chi connectivity index (χ0) is 38.9. The molecule has 1 aliphatic heterocycles. The zero-order valence-electron chi connectivity index (χ0n) is 32.0. The molecule has 0 spiro atoms. The Morgan fingerprint density at radius 1 is 0.475 bits per heavy atom. The largest absolute Gasteiger partial charge is 0.464 e. The second-order valence-electron chi connectivity index (χ2n) is 15.5. The molecule has 9 aromatic carbocycles.